The molecular formula is C21H25NO4S. The van der Waals surface area contributed by atoms with Crippen molar-refractivity contribution in [2.75, 3.05) is 11.5 Å². The fourth-order valence-electron chi connectivity index (χ4n) is 4.57. The summed E-state index contributed by atoms with van der Waals surface area (Å²) in [6.07, 6.45) is 5.07. The van der Waals surface area contributed by atoms with Crippen molar-refractivity contribution in [1.82, 2.24) is 0 Å². The van der Waals surface area contributed by atoms with Gasteiger partial charge in [-0.05, 0) is 64.9 Å². The van der Waals surface area contributed by atoms with Crippen LogP contribution in [-0.2, 0) is 27.2 Å². The molecule has 1 aromatic rings. The highest BCUT2D eigenvalue weighted by molar-refractivity contribution is 7.17. The highest BCUT2D eigenvalue weighted by atomic mass is 32.1. The van der Waals surface area contributed by atoms with Crippen molar-refractivity contribution < 1.29 is 19.1 Å². The second-order valence-corrected chi connectivity index (χ2v) is 8.89. The third-order valence-electron chi connectivity index (χ3n) is 6.18. The quantitative estimate of drug-likeness (QED) is 0.446. The van der Waals surface area contributed by atoms with Gasteiger partial charge in [-0.15, -0.1) is 11.3 Å². The molecule has 144 valence electrons. The number of anilines is 1. The zero-order valence-corrected chi connectivity index (χ0v) is 16.9. The number of hydrogen-bond acceptors (Lipinski definition) is 5. The molecule has 6 heteroatoms. The number of thiophene rings is 1. The van der Waals surface area contributed by atoms with Crippen LogP contribution in [0.3, 0.4) is 0 Å². The number of rotatable bonds is 3. The molecule has 1 aromatic heterocycles. The molecule has 5 nitrogen and oxygen atoms in total. The molecule has 0 aromatic carbocycles. The third-order valence-corrected chi connectivity index (χ3v) is 7.45. The van der Waals surface area contributed by atoms with E-state index in [0.717, 1.165) is 36.1 Å². The molecule has 0 spiro atoms. The van der Waals surface area contributed by atoms with Crippen LogP contribution in [0.25, 0.3) is 0 Å². The molecule has 27 heavy (non-hydrogen) atoms. The number of aryl methyl sites for hydroxylation is 1. The molecule has 1 aliphatic heterocycles. The van der Waals surface area contributed by atoms with Gasteiger partial charge in [0.2, 0.25) is 11.8 Å². The first-order chi connectivity index (χ1) is 12.9. The highest BCUT2D eigenvalue weighted by Gasteiger charge is 2.51. The van der Waals surface area contributed by atoms with Crippen LogP contribution in [0.15, 0.2) is 11.1 Å². The summed E-state index contributed by atoms with van der Waals surface area (Å²) in [5, 5.41) is 0.500. The second-order valence-electron chi connectivity index (χ2n) is 7.81. The van der Waals surface area contributed by atoms with Gasteiger partial charge in [0.05, 0.1) is 24.0 Å². The number of ether oxygens (including phenoxy) is 1. The molecule has 0 N–H and O–H groups in total. The van der Waals surface area contributed by atoms with E-state index in [-0.39, 0.29) is 30.3 Å². The monoisotopic (exact) mass is 387 g/mol. The predicted octanol–water partition coefficient (Wildman–Crippen LogP) is 4.04. The fraction of sp³-hybridized carbons (Fsp3) is 0.571. The first kappa shape index (κ1) is 18.4. The van der Waals surface area contributed by atoms with E-state index in [1.807, 2.05) is 13.8 Å². The summed E-state index contributed by atoms with van der Waals surface area (Å²) in [5.74, 6) is -1.31. The maximum absolute atomic E-state index is 13.2. The molecule has 2 unspecified atom stereocenters. The minimum absolute atomic E-state index is 0.152. The molecule has 0 saturated carbocycles. The Balaban J connectivity index is 1.78. The Kier molecular flexibility index (Phi) is 4.70. The van der Waals surface area contributed by atoms with Crippen molar-refractivity contribution >= 4 is 34.1 Å². The standard InChI is InChI=1S/C21H25NO4S/c1-4-26-21(25)17-13-7-5-6-8-16(13)27-20(17)22-18(23)14-9-11(2)12(3)10-15(14)19(22)24/h14-15H,4-10H2,1-3H3. The summed E-state index contributed by atoms with van der Waals surface area (Å²) in [4.78, 5) is 41.5. The number of nitrogens with zero attached hydrogens (tertiary/aromatic N) is 1. The molecule has 1 saturated heterocycles. The third kappa shape index (κ3) is 2.85. The second kappa shape index (κ2) is 6.89. The zero-order valence-electron chi connectivity index (χ0n) is 16.1. The lowest BCUT2D eigenvalue weighted by molar-refractivity contribution is -0.122. The van der Waals surface area contributed by atoms with Gasteiger partial charge in [0.25, 0.3) is 0 Å². The Morgan fingerprint density at radius 1 is 1.07 bits per heavy atom. The van der Waals surface area contributed by atoms with Crippen LogP contribution in [0, 0.1) is 11.8 Å². The summed E-state index contributed by atoms with van der Waals surface area (Å²) in [7, 11) is 0. The van der Waals surface area contributed by atoms with E-state index in [2.05, 4.69) is 0 Å². The molecule has 2 atom stereocenters. The van der Waals surface area contributed by atoms with E-state index in [4.69, 9.17) is 4.74 Å². The molecule has 4 rings (SSSR count). The van der Waals surface area contributed by atoms with Gasteiger partial charge in [-0.3, -0.25) is 9.59 Å². The van der Waals surface area contributed by atoms with Crippen LogP contribution in [-0.4, -0.2) is 24.4 Å². The fourth-order valence-corrected chi connectivity index (χ4v) is 5.96. The first-order valence-corrected chi connectivity index (χ1v) is 10.6. The smallest absolute Gasteiger partial charge is 0.341 e. The number of carbonyl (C=O) groups is 3. The predicted molar refractivity (Wildman–Crippen MR) is 104 cm³/mol. The Morgan fingerprint density at radius 2 is 1.67 bits per heavy atom. The number of carbonyl (C=O) groups excluding carboxylic acids is 3. The van der Waals surface area contributed by atoms with Crippen LogP contribution in [0.5, 0.6) is 0 Å². The van der Waals surface area contributed by atoms with Crippen molar-refractivity contribution in [1.29, 1.82) is 0 Å². The Morgan fingerprint density at radius 3 is 2.26 bits per heavy atom. The van der Waals surface area contributed by atoms with Crippen molar-refractivity contribution in [3.05, 3.63) is 27.2 Å². The minimum Gasteiger partial charge on any atom is -0.462 e. The maximum atomic E-state index is 13.2. The first-order valence-electron chi connectivity index (χ1n) is 9.78. The van der Waals surface area contributed by atoms with Gasteiger partial charge in [-0.1, -0.05) is 11.1 Å². The molecule has 1 fully saturated rings. The van der Waals surface area contributed by atoms with Crippen molar-refractivity contribution in [3.8, 4) is 0 Å². The van der Waals surface area contributed by atoms with Crippen molar-refractivity contribution in [2.24, 2.45) is 11.8 Å². The Bertz CT molecular complexity index is 834. The topological polar surface area (TPSA) is 63.7 Å². The largest absolute Gasteiger partial charge is 0.462 e. The van der Waals surface area contributed by atoms with E-state index in [1.54, 1.807) is 6.92 Å². The molecule has 0 bridgehead atoms. The van der Waals surface area contributed by atoms with E-state index < -0.39 is 5.97 Å². The highest BCUT2D eigenvalue weighted by Crippen LogP contribution is 2.47. The molecule has 0 radical (unpaired) electrons. The van der Waals surface area contributed by atoms with Crippen LogP contribution in [0.2, 0.25) is 0 Å². The summed E-state index contributed by atoms with van der Waals surface area (Å²) in [6.45, 7) is 6.13. The molecule has 3 aliphatic rings. The molecule has 2 aliphatic carbocycles. The number of hydrogen-bond donors (Lipinski definition) is 0. The lowest BCUT2D eigenvalue weighted by Gasteiger charge is -2.23. The Hall–Kier alpha value is -1.95. The SMILES string of the molecule is CCOC(=O)c1c(N2C(=O)C3CC(C)=C(C)CC3C2=O)sc2c1CCCC2. The average molecular weight is 388 g/mol. The number of amides is 2. The van der Waals surface area contributed by atoms with Gasteiger partial charge in [0, 0.05) is 4.88 Å². The summed E-state index contributed by atoms with van der Waals surface area (Å²) < 4.78 is 5.29. The van der Waals surface area contributed by atoms with E-state index in [9.17, 15) is 14.4 Å². The van der Waals surface area contributed by atoms with Gasteiger partial charge in [-0.2, -0.15) is 0 Å². The van der Waals surface area contributed by atoms with E-state index in [0.29, 0.717) is 23.4 Å². The Labute approximate surface area is 163 Å². The molecule has 2 amide bonds. The van der Waals surface area contributed by atoms with Gasteiger partial charge >= 0.3 is 5.97 Å². The average Bonchev–Trinajstić information content (AvgIpc) is 3.12. The number of imide groups is 1. The summed E-state index contributed by atoms with van der Waals surface area (Å²) in [6, 6.07) is 0. The van der Waals surface area contributed by atoms with E-state index >= 15 is 0 Å². The van der Waals surface area contributed by atoms with Gasteiger partial charge in [0.15, 0.2) is 0 Å². The number of fused-ring (bicyclic) bond motifs is 2. The van der Waals surface area contributed by atoms with Crippen LogP contribution < -0.4 is 4.90 Å². The summed E-state index contributed by atoms with van der Waals surface area (Å²) in [5.41, 5.74) is 3.85. The van der Waals surface area contributed by atoms with Gasteiger partial charge < -0.3 is 4.74 Å². The number of esters is 1. The van der Waals surface area contributed by atoms with Gasteiger partial charge in [0.1, 0.15) is 5.00 Å². The van der Waals surface area contributed by atoms with Crippen molar-refractivity contribution in [3.63, 3.8) is 0 Å². The van der Waals surface area contributed by atoms with Crippen LogP contribution >= 0.6 is 11.3 Å². The zero-order chi connectivity index (χ0) is 19.3. The molecule has 2 heterocycles. The van der Waals surface area contributed by atoms with E-state index in [1.165, 1.54) is 27.4 Å². The minimum atomic E-state index is -0.409. The lowest BCUT2D eigenvalue weighted by atomic mass is 9.78. The van der Waals surface area contributed by atoms with Crippen LogP contribution in [0.4, 0.5) is 5.00 Å². The maximum Gasteiger partial charge on any atom is 0.341 e. The molecular weight excluding hydrogens is 362 g/mol. The number of allylic oxidation sites excluding steroid dienone is 2. The van der Waals surface area contributed by atoms with Gasteiger partial charge in [-0.25, -0.2) is 9.69 Å². The lowest BCUT2D eigenvalue weighted by Crippen LogP contribution is -2.31. The normalized spacial score (nSPS) is 24.9. The van der Waals surface area contributed by atoms with Crippen LogP contribution in [0.1, 0.15) is 67.3 Å². The summed E-state index contributed by atoms with van der Waals surface area (Å²) >= 11 is 1.44. The van der Waals surface area contributed by atoms with Crippen molar-refractivity contribution in [2.45, 2.75) is 59.3 Å².